The lowest BCUT2D eigenvalue weighted by Gasteiger charge is -2.13. The maximum Gasteiger partial charge on any atom is 0.329 e. The van der Waals surface area contributed by atoms with Crippen LogP contribution in [-0.4, -0.2) is 31.2 Å². The monoisotopic (exact) mass is 425 g/mol. The van der Waals surface area contributed by atoms with Crippen LogP contribution in [0, 0.1) is 0 Å². The van der Waals surface area contributed by atoms with E-state index in [1.165, 1.54) is 6.21 Å². The highest BCUT2D eigenvalue weighted by molar-refractivity contribution is 6.39. The van der Waals surface area contributed by atoms with Gasteiger partial charge in [0.05, 0.1) is 19.4 Å². The summed E-state index contributed by atoms with van der Waals surface area (Å²) in [5, 5.41) is 6.62. The Bertz CT molecular complexity index is 903. The summed E-state index contributed by atoms with van der Waals surface area (Å²) in [5.74, 6) is -0.332. The second kappa shape index (κ2) is 12.4. The highest BCUT2D eigenvalue weighted by Crippen LogP contribution is 2.28. The number of carbonyl (C=O) groups excluding carboxylic acids is 2. The zero-order valence-corrected chi connectivity index (χ0v) is 18.7. The van der Waals surface area contributed by atoms with Crippen LogP contribution in [0.1, 0.15) is 50.8 Å². The van der Waals surface area contributed by atoms with Crippen molar-refractivity contribution in [2.45, 2.75) is 47.0 Å². The van der Waals surface area contributed by atoms with Gasteiger partial charge in [0.2, 0.25) is 0 Å². The molecule has 0 aliphatic rings. The number of nitrogens with zero attached hydrogens (tertiary/aromatic N) is 1. The van der Waals surface area contributed by atoms with Crippen LogP contribution in [-0.2, 0) is 22.4 Å². The number of benzene rings is 2. The number of carbonyl (C=O) groups is 2. The molecule has 0 bridgehead atoms. The quantitative estimate of drug-likeness (QED) is 0.341. The van der Waals surface area contributed by atoms with Crippen LogP contribution < -0.4 is 20.2 Å². The van der Waals surface area contributed by atoms with Gasteiger partial charge in [-0.05, 0) is 61.1 Å². The molecule has 7 nitrogen and oxygen atoms in total. The van der Waals surface area contributed by atoms with Crippen LogP contribution in [0.3, 0.4) is 0 Å². The maximum atomic E-state index is 12.3. The van der Waals surface area contributed by atoms with Gasteiger partial charge in [-0.25, -0.2) is 5.43 Å². The van der Waals surface area contributed by atoms with E-state index in [-0.39, 0.29) is 0 Å². The summed E-state index contributed by atoms with van der Waals surface area (Å²) in [4.78, 5) is 24.5. The summed E-state index contributed by atoms with van der Waals surface area (Å²) in [5.41, 5.74) is 5.64. The van der Waals surface area contributed by atoms with Gasteiger partial charge in [0, 0.05) is 5.69 Å². The fourth-order valence-electron chi connectivity index (χ4n) is 2.99. The van der Waals surface area contributed by atoms with E-state index in [2.05, 4.69) is 15.8 Å². The van der Waals surface area contributed by atoms with Gasteiger partial charge in [-0.3, -0.25) is 9.59 Å². The average molecular weight is 426 g/mol. The molecule has 2 amide bonds. The van der Waals surface area contributed by atoms with Gasteiger partial charge in [0.15, 0.2) is 11.5 Å². The Morgan fingerprint density at radius 2 is 1.65 bits per heavy atom. The molecule has 2 aromatic rings. The first kappa shape index (κ1) is 23.9. The van der Waals surface area contributed by atoms with Crippen molar-refractivity contribution >= 4 is 23.7 Å². The number of aryl methyl sites for hydroxylation is 2. The minimum Gasteiger partial charge on any atom is -0.490 e. The smallest absolute Gasteiger partial charge is 0.329 e. The number of para-hydroxylation sites is 1. The second-order valence-corrected chi connectivity index (χ2v) is 6.80. The maximum absolute atomic E-state index is 12.3. The zero-order chi connectivity index (χ0) is 22.6. The van der Waals surface area contributed by atoms with Gasteiger partial charge in [0.25, 0.3) is 0 Å². The van der Waals surface area contributed by atoms with Crippen molar-refractivity contribution < 1.29 is 19.1 Å². The normalized spacial score (nSPS) is 10.7. The molecule has 2 aromatic carbocycles. The fourth-order valence-corrected chi connectivity index (χ4v) is 2.99. The SMILES string of the molecule is CCCOc1ccc(/C=N\NC(=O)C(=O)Nc2c(CC)cccc2CC)cc1OCC. The van der Waals surface area contributed by atoms with Gasteiger partial charge < -0.3 is 14.8 Å². The van der Waals surface area contributed by atoms with Gasteiger partial charge in [0.1, 0.15) is 0 Å². The molecule has 0 heterocycles. The number of nitrogens with one attached hydrogen (secondary N) is 2. The number of rotatable bonds is 10. The van der Waals surface area contributed by atoms with Crippen LogP contribution in [0.5, 0.6) is 11.5 Å². The van der Waals surface area contributed by atoms with Crippen molar-refractivity contribution in [3.05, 3.63) is 53.1 Å². The third kappa shape index (κ3) is 6.84. The first-order valence-corrected chi connectivity index (χ1v) is 10.7. The molecule has 0 aromatic heterocycles. The van der Waals surface area contributed by atoms with Crippen LogP contribution in [0.15, 0.2) is 41.5 Å². The lowest BCUT2D eigenvalue weighted by Crippen LogP contribution is -2.33. The van der Waals surface area contributed by atoms with Crippen LogP contribution in [0.4, 0.5) is 5.69 Å². The molecule has 0 saturated carbocycles. The lowest BCUT2D eigenvalue weighted by atomic mass is 10.0. The predicted octanol–water partition coefficient (Wildman–Crippen LogP) is 4.09. The van der Waals surface area contributed by atoms with Crippen molar-refractivity contribution in [2.24, 2.45) is 5.10 Å². The number of hydrogen-bond donors (Lipinski definition) is 2. The van der Waals surface area contributed by atoms with Crippen molar-refractivity contribution in [2.75, 3.05) is 18.5 Å². The van der Waals surface area contributed by atoms with E-state index in [1.54, 1.807) is 18.2 Å². The van der Waals surface area contributed by atoms with E-state index >= 15 is 0 Å². The first-order valence-electron chi connectivity index (χ1n) is 10.7. The molecule has 7 heteroatoms. The van der Waals surface area contributed by atoms with Crippen LogP contribution in [0.2, 0.25) is 0 Å². The molecule has 0 spiro atoms. The van der Waals surface area contributed by atoms with Crippen molar-refractivity contribution in [3.8, 4) is 11.5 Å². The minimum absolute atomic E-state index is 0.499. The highest BCUT2D eigenvalue weighted by Gasteiger charge is 2.16. The number of hydrazone groups is 1. The predicted molar refractivity (Wildman–Crippen MR) is 123 cm³/mol. The van der Waals surface area contributed by atoms with Gasteiger partial charge in [-0.2, -0.15) is 5.10 Å². The molecule has 2 rings (SSSR count). The third-order valence-corrected chi connectivity index (χ3v) is 4.55. The Morgan fingerprint density at radius 3 is 2.26 bits per heavy atom. The van der Waals surface area contributed by atoms with Gasteiger partial charge in [-0.15, -0.1) is 0 Å². The van der Waals surface area contributed by atoms with E-state index in [0.717, 1.165) is 30.4 Å². The molecule has 0 aliphatic carbocycles. The summed E-state index contributed by atoms with van der Waals surface area (Å²) in [6.07, 6.45) is 3.85. The molecule has 0 atom stereocenters. The van der Waals surface area contributed by atoms with E-state index in [9.17, 15) is 9.59 Å². The molecule has 0 fully saturated rings. The molecule has 0 unspecified atom stereocenters. The number of anilines is 1. The Labute approximate surface area is 183 Å². The Hall–Kier alpha value is -3.35. The largest absolute Gasteiger partial charge is 0.490 e. The molecule has 31 heavy (non-hydrogen) atoms. The summed E-state index contributed by atoms with van der Waals surface area (Å²) in [7, 11) is 0. The van der Waals surface area contributed by atoms with E-state index in [4.69, 9.17) is 9.47 Å². The van der Waals surface area contributed by atoms with Gasteiger partial charge in [-0.1, -0.05) is 39.0 Å². The summed E-state index contributed by atoms with van der Waals surface area (Å²) >= 11 is 0. The molecular formula is C24H31N3O4. The third-order valence-electron chi connectivity index (χ3n) is 4.55. The minimum atomic E-state index is -0.836. The Balaban J connectivity index is 2.03. The molecule has 0 radical (unpaired) electrons. The molecule has 0 saturated heterocycles. The van der Waals surface area contributed by atoms with E-state index in [1.807, 2.05) is 45.9 Å². The van der Waals surface area contributed by atoms with E-state index < -0.39 is 11.8 Å². The summed E-state index contributed by atoms with van der Waals surface area (Å²) in [6.45, 7) is 9.03. The van der Waals surface area contributed by atoms with Crippen molar-refractivity contribution in [1.82, 2.24) is 5.43 Å². The topological polar surface area (TPSA) is 89.0 Å². The lowest BCUT2D eigenvalue weighted by molar-refractivity contribution is -0.136. The molecule has 0 aliphatic heterocycles. The van der Waals surface area contributed by atoms with Gasteiger partial charge >= 0.3 is 11.8 Å². The number of ether oxygens (including phenoxy) is 2. The second-order valence-electron chi connectivity index (χ2n) is 6.80. The summed E-state index contributed by atoms with van der Waals surface area (Å²) in [6, 6.07) is 11.2. The van der Waals surface area contributed by atoms with Crippen LogP contribution >= 0.6 is 0 Å². The Morgan fingerprint density at radius 1 is 0.935 bits per heavy atom. The Kier molecular flexibility index (Phi) is 9.55. The van der Waals surface area contributed by atoms with Crippen LogP contribution in [0.25, 0.3) is 0 Å². The standard InChI is InChI=1S/C24H31N3O4/c1-5-14-31-20-13-12-17(15-21(20)30-8-4)16-25-27-24(29)23(28)26-22-18(6-2)10-9-11-19(22)7-3/h9-13,15-16H,5-8,14H2,1-4H3,(H,26,28)(H,27,29)/b25-16-. The first-order chi connectivity index (χ1) is 15.0. The average Bonchev–Trinajstić information content (AvgIpc) is 2.78. The number of hydrogen-bond acceptors (Lipinski definition) is 5. The molecule has 166 valence electrons. The highest BCUT2D eigenvalue weighted by atomic mass is 16.5. The van der Waals surface area contributed by atoms with Crippen molar-refractivity contribution in [3.63, 3.8) is 0 Å². The zero-order valence-electron chi connectivity index (χ0n) is 18.7. The fraction of sp³-hybridized carbons (Fsp3) is 0.375. The number of amides is 2. The molecular weight excluding hydrogens is 394 g/mol. The molecule has 2 N–H and O–H groups in total. The van der Waals surface area contributed by atoms with E-state index in [0.29, 0.717) is 36.0 Å². The van der Waals surface area contributed by atoms with Crippen molar-refractivity contribution in [1.29, 1.82) is 0 Å². The summed E-state index contributed by atoms with van der Waals surface area (Å²) < 4.78 is 11.3.